The minimum Gasteiger partial charge on any atom is -0.396 e. The number of Topliss-reactive ketones (excluding diaryl/α,β-unsaturated/α-hetero) is 1. The molecule has 14 heavy (non-hydrogen) atoms. The van der Waals surface area contributed by atoms with Crippen molar-refractivity contribution >= 4 is 5.78 Å². The van der Waals surface area contributed by atoms with Gasteiger partial charge in [0.15, 0.2) is 0 Å². The Balaban J connectivity index is 3.77. The van der Waals surface area contributed by atoms with Crippen LogP contribution >= 0.6 is 0 Å². The van der Waals surface area contributed by atoms with E-state index in [4.69, 9.17) is 5.11 Å². The topological polar surface area (TPSA) is 46.5 Å². The van der Waals surface area contributed by atoms with Crippen LogP contribution in [0.2, 0.25) is 0 Å². The summed E-state index contributed by atoms with van der Waals surface area (Å²) >= 11 is 0. The highest BCUT2D eigenvalue weighted by molar-refractivity contribution is 5.78. The molecule has 0 aromatic heterocycles. The van der Waals surface area contributed by atoms with Crippen molar-refractivity contribution in [3.05, 3.63) is 0 Å². The Bertz CT molecular complexity index is 179. The van der Waals surface area contributed by atoms with Crippen LogP contribution in [-0.2, 0) is 9.53 Å². The van der Waals surface area contributed by atoms with Crippen molar-refractivity contribution in [2.24, 2.45) is 5.92 Å². The number of rotatable bonds is 6. The molecule has 0 heterocycles. The highest BCUT2D eigenvalue weighted by atomic mass is 19.4. The fraction of sp³-hybridized carbons (Fsp3) is 0.875. The van der Waals surface area contributed by atoms with Gasteiger partial charge < -0.3 is 5.11 Å². The van der Waals surface area contributed by atoms with Crippen LogP contribution in [0, 0.1) is 5.92 Å². The molecular formula is C8H13F3O3. The molecule has 3 nitrogen and oxygen atoms in total. The van der Waals surface area contributed by atoms with E-state index in [1.54, 1.807) is 0 Å². The molecule has 0 aliphatic rings. The molecular weight excluding hydrogens is 201 g/mol. The number of aliphatic hydroxyl groups is 1. The Hall–Kier alpha value is -0.620. The maximum atomic E-state index is 11.5. The van der Waals surface area contributed by atoms with Gasteiger partial charge in [-0.15, -0.1) is 13.2 Å². The largest absolute Gasteiger partial charge is 0.522 e. The zero-order chi connectivity index (χ0) is 11.2. The molecule has 0 amide bonds. The standard InChI is InChI=1S/C8H13F3O3/c1-6(13)7(2-4-12)3-5-14-8(9,10)11/h7,12H,2-5H2,1H3. The molecule has 1 atom stereocenters. The highest BCUT2D eigenvalue weighted by Crippen LogP contribution is 2.18. The third-order valence-electron chi connectivity index (χ3n) is 1.78. The second kappa shape index (κ2) is 5.98. The quantitative estimate of drug-likeness (QED) is 0.728. The van der Waals surface area contributed by atoms with E-state index < -0.39 is 18.9 Å². The molecule has 1 unspecified atom stereocenters. The second-order valence-corrected chi connectivity index (χ2v) is 2.90. The lowest BCUT2D eigenvalue weighted by Gasteiger charge is -2.13. The molecule has 0 saturated heterocycles. The third-order valence-corrected chi connectivity index (χ3v) is 1.78. The number of aliphatic hydroxyl groups excluding tert-OH is 1. The molecule has 0 bridgehead atoms. The molecule has 84 valence electrons. The lowest BCUT2D eigenvalue weighted by atomic mass is 9.98. The summed E-state index contributed by atoms with van der Waals surface area (Å²) in [6, 6.07) is 0. The number of alkyl halides is 3. The van der Waals surface area contributed by atoms with Gasteiger partial charge in [-0.3, -0.25) is 9.53 Å². The number of hydrogen-bond donors (Lipinski definition) is 1. The smallest absolute Gasteiger partial charge is 0.396 e. The van der Waals surface area contributed by atoms with Gasteiger partial charge in [-0.1, -0.05) is 0 Å². The summed E-state index contributed by atoms with van der Waals surface area (Å²) in [4.78, 5) is 10.8. The zero-order valence-corrected chi connectivity index (χ0v) is 7.80. The summed E-state index contributed by atoms with van der Waals surface area (Å²) in [5, 5.41) is 8.53. The van der Waals surface area contributed by atoms with Crippen molar-refractivity contribution in [3.63, 3.8) is 0 Å². The maximum Gasteiger partial charge on any atom is 0.522 e. The molecule has 0 rings (SSSR count). The van der Waals surface area contributed by atoms with Gasteiger partial charge in [-0.25, -0.2) is 0 Å². The lowest BCUT2D eigenvalue weighted by Crippen LogP contribution is -2.19. The number of carbonyl (C=O) groups excluding carboxylic acids is 1. The Morgan fingerprint density at radius 1 is 1.43 bits per heavy atom. The van der Waals surface area contributed by atoms with Gasteiger partial charge in [0.05, 0.1) is 6.61 Å². The van der Waals surface area contributed by atoms with Crippen molar-refractivity contribution in [2.45, 2.75) is 26.1 Å². The van der Waals surface area contributed by atoms with E-state index in [0.717, 1.165) is 0 Å². The minimum atomic E-state index is -4.65. The number of hydrogen-bond acceptors (Lipinski definition) is 3. The Kier molecular flexibility index (Phi) is 5.71. The number of ketones is 1. The summed E-state index contributed by atoms with van der Waals surface area (Å²) in [6.07, 6.45) is -4.49. The number of halogens is 3. The second-order valence-electron chi connectivity index (χ2n) is 2.90. The van der Waals surface area contributed by atoms with E-state index in [1.165, 1.54) is 6.92 Å². The molecule has 0 fully saturated rings. The third kappa shape index (κ3) is 6.85. The molecule has 0 spiro atoms. The number of ether oxygens (including phenoxy) is 1. The molecule has 0 aromatic carbocycles. The monoisotopic (exact) mass is 214 g/mol. The first-order valence-electron chi connectivity index (χ1n) is 4.19. The predicted octanol–water partition coefficient (Wildman–Crippen LogP) is 1.50. The van der Waals surface area contributed by atoms with Gasteiger partial charge in [0.2, 0.25) is 0 Å². The SMILES string of the molecule is CC(=O)C(CCO)CCOC(F)(F)F. The molecule has 0 radical (unpaired) electrons. The van der Waals surface area contributed by atoms with Crippen LogP contribution in [0.5, 0.6) is 0 Å². The van der Waals surface area contributed by atoms with E-state index >= 15 is 0 Å². The van der Waals surface area contributed by atoms with Crippen LogP contribution in [0.15, 0.2) is 0 Å². The Morgan fingerprint density at radius 3 is 2.36 bits per heavy atom. The van der Waals surface area contributed by atoms with Crippen molar-refractivity contribution in [1.82, 2.24) is 0 Å². The van der Waals surface area contributed by atoms with Crippen LogP contribution < -0.4 is 0 Å². The molecule has 1 N–H and O–H groups in total. The van der Waals surface area contributed by atoms with Crippen molar-refractivity contribution in [2.75, 3.05) is 13.2 Å². The van der Waals surface area contributed by atoms with E-state index in [9.17, 15) is 18.0 Å². The molecule has 0 aromatic rings. The van der Waals surface area contributed by atoms with E-state index in [0.29, 0.717) is 0 Å². The van der Waals surface area contributed by atoms with Crippen LogP contribution in [0.4, 0.5) is 13.2 Å². The fourth-order valence-corrected chi connectivity index (χ4v) is 1.02. The van der Waals surface area contributed by atoms with Crippen molar-refractivity contribution in [3.8, 4) is 0 Å². The van der Waals surface area contributed by atoms with E-state index in [2.05, 4.69) is 4.74 Å². The van der Waals surface area contributed by atoms with Gasteiger partial charge in [0.1, 0.15) is 5.78 Å². The first kappa shape index (κ1) is 13.4. The average molecular weight is 214 g/mol. The Morgan fingerprint density at radius 2 is 2.00 bits per heavy atom. The summed E-state index contributed by atoms with van der Waals surface area (Å²) in [5.74, 6) is -0.785. The van der Waals surface area contributed by atoms with Crippen LogP contribution in [0.25, 0.3) is 0 Å². The maximum absolute atomic E-state index is 11.5. The number of carbonyl (C=O) groups is 1. The fourth-order valence-electron chi connectivity index (χ4n) is 1.02. The molecule has 6 heteroatoms. The lowest BCUT2D eigenvalue weighted by molar-refractivity contribution is -0.325. The zero-order valence-electron chi connectivity index (χ0n) is 7.80. The summed E-state index contributed by atoms with van der Waals surface area (Å²) in [5.41, 5.74) is 0. The average Bonchev–Trinajstić information content (AvgIpc) is 2.00. The van der Waals surface area contributed by atoms with Crippen molar-refractivity contribution in [1.29, 1.82) is 0 Å². The van der Waals surface area contributed by atoms with Gasteiger partial charge in [-0.2, -0.15) is 0 Å². The predicted molar refractivity (Wildman–Crippen MR) is 42.5 cm³/mol. The molecule has 0 aliphatic carbocycles. The first-order chi connectivity index (χ1) is 6.37. The van der Waals surface area contributed by atoms with Crippen LogP contribution in [-0.4, -0.2) is 30.5 Å². The minimum absolute atomic E-state index is 0.0184. The summed E-state index contributed by atoms with van der Waals surface area (Å²) < 4.78 is 38.1. The van der Waals surface area contributed by atoms with E-state index in [1.807, 2.05) is 0 Å². The normalized spacial score (nSPS) is 14.1. The molecule has 0 saturated carbocycles. The van der Waals surface area contributed by atoms with Crippen LogP contribution in [0.3, 0.4) is 0 Å². The van der Waals surface area contributed by atoms with Gasteiger partial charge in [0.25, 0.3) is 0 Å². The van der Waals surface area contributed by atoms with E-state index in [-0.39, 0.29) is 25.2 Å². The van der Waals surface area contributed by atoms with Gasteiger partial charge in [0, 0.05) is 12.5 Å². The Labute approximate surface area is 79.9 Å². The van der Waals surface area contributed by atoms with Gasteiger partial charge >= 0.3 is 6.36 Å². The van der Waals surface area contributed by atoms with Crippen molar-refractivity contribution < 1.29 is 27.8 Å². The van der Waals surface area contributed by atoms with Crippen LogP contribution in [0.1, 0.15) is 19.8 Å². The van der Waals surface area contributed by atoms with Gasteiger partial charge in [-0.05, 0) is 19.8 Å². The highest BCUT2D eigenvalue weighted by Gasteiger charge is 2.29. The summed E-state index contributed by atoms with van der Waals surface area (Å²) in [6.45, 7) is 0.526. The summed E-state index contributed by atoms with van der Waals surface area (Å²) in [7, 11) is 0. The molecule has 0 aliphatic heterocycles. The first-order valence-corrected chi connectivity index (χ1v) is 4.19.